The van der Waals surface area contributed by atoms with Crippen molar-refractivity contribution in [1.82, 2.24) is 24.6 Å². The number of para-hydroxylation sites is 1. The van der Waals surface area contributed by atoms with Crippen LogP contribution in [0.4, 0.5) is 4.79 Å². The highest BCUT2D eigenvalue weighted by Crippen LogP contribution is 2.44. The summed E-state index contributed by atoms with van der Waals surface area (Å²) in [6, 6.07) is 12.8. The Kier molecular flexibility index (Phi) is 3.70. The lowest BCUT2D eigenvalue weighted by atomic mass is 9.82. The minimum absolute atomic E-state index is 0.0604. The van der Waals surface area contributed by atoms with Crippen molar-refractivity contribution in [2.75, 3.05) is 26.2 Å². The van der Waals surface area contributed by atoms with Crippen LogP contribution in [0.15, 0.2) is 42.6 Å². The minimum atomic E-state index is 0.0604. The Bertz CT molecular complexity index is 1100. The molecule has 2 amide bonds. The Balaban J connectivity index is 1.29. The van der Waals surface area contributed by atoms with Crippen molar-refractivity contribution in [3.8, 4) is 11.3 Å². The third kappa shape index (κ3) is 2.65. The van der Waals surface area contributed by atoms with Gasteiger partial charge in [-0.3, -0.25) is 9.67 Å². The van der Waals surface area contributed by atoms with Crippen LogP contribution in [0.2, 0.25) is 0 Å². The number of carbonyl (C=O) groups is 1. The highest BCUT2D eigenvalue weighted by molar-refractivity contribution is 5.82. The van der Waals surface area contributed by atoms with Gasteiger partial charge < -0.3 is 9.80 Å². The van der Waals surface area contributed by atoms with E-state index in [4.69, 9.17) is 5.10 Å². The predicted molar refractivity (Wildman–Crippen MR) is 112 cm³/mol. The molecule has 0 N–H and O–H groups in total. The molecule has 0 aliphatic carbocycles. The first kappa shape index (κ1) is 17.0. The maximum atomic E-state index is 12.9. The highest BCUT2D eigenvalue weighted by atomic mass is 16.2. The Hall–Kier alpha value is -2.89. The Morgan fingerprint density at radius 1 is 0.966 bits per heavy atom. The van der Waals surface area contributed by atoms with E-state index in [-0.39, 0.29) is 11.4 Å². The maximum Gasteiger partial charge on any atom is 0.320 e. The molecule has 148 valence electrons. The summed E-state index contributed by atoms with van der Waals surface area (Å²) in [5.74, 6) is 0. The van der Waals surface area contributed by atoms with Gasteiger partial charge in [0.2, 0.25) is 0 Å². The largest absolute Gasteiger partial charge is 0.325 e. The maximum absolute atomic E-state index is 12.9. The molecule has 6 heteroatoms. The fourth-order valence-electron chi connectivity index (χ4n) is 5.37. The van der Waals surface area contributed by atoms with Gasteiger partial charge in [0.25, 0.3) is 0 Å². The Morgan fingerprint density at radius 2 is 1.79 bits per heavy atom. The van der Waals surface area contributed by atoms with Crippen LogP contribution in [0.5, 0.6) is 0 Å². The number of likely N-dealkylation sites (tertiary alicyclic amines) is 2. The summed E-state index contributed by atoms with van der Waals surface area (Å²) in [4.78, 5) is 21.6. The minimum Gasteiger partial charge on any atom is -0.325 e. The quantitative estimate of drug-likeness (QED) is 0.640. The van der Waals surface area contributed by atoms with Gasteiger partial charge in [-0.1, -0.05) is 18.2 Å². The summed E-state index contributed by atoms with van der Waals surface area (Å²) in [5, 5.41) is 6.03. The van der Waals surface area contributed by atoms with Gasteiger partial charge in [-0.05, 0) is 43.9 Å². The number of hydrogen-bond acceptors (Lipinski definition) is 3. The summed E-state index contributed by atoms with van der Waals surface area (Å²) >= 11 is 0. The number of fused-ring (bicyclic) bond motifs is 3. The first-order valence-corrected chi connectivity index (χ1v) is 10.7. The van der Waals surface area contributed by atoms with Crippen LogP contribution in [0.25, 0.3) is 22.2 Å². The zero-order chi connectivity index (χ0) is 19.4. The van der Waals surface area contributed by atoms with Gasteiger partial charge in [0.05, 0.1) is 11.2 Å². The first-order chi connectivity index (χ1) is 14.2. The van der Waals surface area contributed by atoms with Crippen molar-refractivity contribution in [3.05, 3.63) is 48.3 Å². The summed E-state index contributed by atoms with van der Waals surface area (Å²) in [7, 11) is 0. The van der Waals surface area contributed by atoms with Crippen molar-refractivity contribution in [2.24, 2.45) is 0 Å². The molecule has 0 bridgehead atoms. The summed E-state index contributed by atoms with van der Waals surface area (Å²) in [6.45, 7) is 4.44. The molecule has 2 fully saturated rings. The molecular formula is C23H25N5O. The standard InChI is InChI=1S/C23H25N5O/c29-22(26-9-3-4-10-26)27-11-7-23(16-27)8-12-28-21(23)14-20(25-28)18-13-17-5-1-2-6-19(17)24-15-18/h1-2,5-6,13-15H,3-4,7-12,16H2. The molecule has 1 atom stereocenters. The molecule has 6 nitrogen and oxygen atoms in total. The Labute approximate surface area is 170 Å². The fraction of sp³-hybridized carbons (Fsp3) is 0.435. The Morgan fingerprint density at radius 3 is 2.69 bits per heavy atom. The molecule has 1 spiro atoms. The van der Waals surface area contributed by atoms with Crippen LogP contribution >= 0.6 is 0 Å². The average Bonchev–Trinajstić information content (AvgIpc) is 3.54. The summed E-state index contributed by atoms with van der Waals surface area (Å²) < 4.78 is 2.16. The topological polar surface area (TPSA) is 54.3 Å². The van der Waals surface area contributed by atoms with Gasteiger partial charge in [0.15, 0.2) is 0 Å². The number of amides is 2. The monoisotopic (exact) mass is 387 g/mol. The smallest absolute Gasteiger partial charge is 0.320 e. The number of urea groups is 1. The second-order valence-electron chi connectivity index (χ2n) is 8.73. The third-order valence-electron chi connectivity index (χ3n) is 7.01. The van der Waals surface area contributed by atoms with Crippen molar-refractivity contribution in [2.45, 2.75) is 37.6 Å². The fourth-order valence-corrected chi connectivity index (χ4v) is 5.37. The van der Waals surface area contributed by atoms with E-state index < -0.39 is 0 Å². The van der Waals surface area contributed by atoms with Crippen LogP contribution < -0.4 is 0 Å². The van der Waals surface area contributed by atoms with Crippen molar-refractivity contribution >= 4 is 16.9 Å². The third-order valence-corrected chi connectivity index (χ3v) is 7.01. The number of aryl methyl sites for hydroxylation is 1. The van der Waals surface area contributed by atoms with Gasteiger partial charge in [0, 0.05) is 61.0 Å². The van der Waals surface area contributed by atoms with Crippen LogP contribution in [-0.4, -0.2) is 56.8 Å². The lowest BCUT2D eigenvalue weighted by Crippen LogP contribution is -2.42. The summed E-state index contributed by atoms with van der Waals surface area (Å²) in [6.07, 6.45) is 6.31. The molecule has 6 rings (SSSR count). The highest BCUT2D eigenvalue weighted by Gasteiger charge is 2.47. The number of pyridine rings is 1. The van der Waals surface area contributed by atoms with E-state index in [1.54, 1.807) is 0 Å². The molecule has 0 saturated carbocycles. The number of rotatable bonds is 1. The molecule has 2 aromatic heterocycles. The normalized spacial score (nSPS) is 23.4. The lowest BCUT2D eigenvalue weighted by Gasteiger charge is -2.26. The SMILES string of the molecule is O=C(N1CCCC1)N1CCC2(CCn3nc(-c4cnc5ccccc5c4)cc32)C1. The van der Waals surface area contributed by atoms with Crippen molar-refractivity contribution in [3.63, 3.8) is 0 Å². The number of benzene rings is 1. The predicted octanol–water partition coefficient (Wildman–Crippen LogP) is 3.66. The van der Waals surface area contributed by atoms with E-state index in [0.717, 1.165) is 80.6 Å². The zero-order valence-electron chi connectivity index (χ0n) is 16.5. The molecule has 3 aliphatic heterocycles. The number of hydrogen-bond donors (Lipinski definition) is 0. The average molecular weight is 387 g/mol. The van der Waals surface area contributed by atoms with Crippen molar-refractivity contribution in [1.29, 1.82) is 0 Å². The van der Waals surface area contributed by atoms with E-state index in [1.807, 2.05) is 29.3 Å². The van der Waals surface area contributed by atoms with Gasteiger partial charge in [-0.2, -0.15) is 5.10 Å². The van der Waals surface area contributed by atoms with E-state index in [2.05, 4.69) is 32.8 Å². The van der Waals surface area contributed by atoms with Crippen molar-refractivity contribution < 1.29 is 4.79 Å². The number of aromatic nitrogens is 3. The van der Waals surface area contributed by atoms with Crippen LogP contribution in [-0.2, 0) is 12.0 Å². The van der Waals surface area contributed by atoms with Gasteiger partial charge in [-0.15, -0.1) is 0 Å². The molecule has 29 heavy (non-hydrogen) atoms. The number of carbonyl (C=O) groups excluding carboxylic acids is 1. The van der Waals surface area contributed by atoms with E-state index in [1.165, 1.54) is 5.69 Å². The van der Waals surface area contributed by atoms with Crippen LogP contribution in [0, 0.1) is 0 Å². The second-order valence-corrected chi connectivity index (χ2v) is 8.73. The molecule has 3 aliphatic rings. The second kappa shape index (κ2) is 6.31. The van der Waals surface area contributed by atoms with Crippen LogP contribution in [0.3, 0.4) is 0 Å². The first-order valence-electron chi connectivity index (χ1n) is 10.7. The molecule has 0 radical (unpaired) electrons. The number of nitrogens with zero attached hydrogens (tertiary/aromatic N) is 5. The van der Waals surface area contributed by atoms with Gasteiger partial charge >= 0.3 is 6.03 Å². The molecule has 2 saturated heterocycles. The summed E-state index contributed by atoms with van der Waals surface area (Å²) in [5.41, 5.74) is 4.40. The molecule has 3 aromatic rings. The van der Waals surface area contributed by atoms with E-state index >= 15 is 0 Å². The van der Waals surface area contributed by atoms with E-state index in [9.17, 15) is 4.79 Å². The molecular weight excluding hydrogens is 362 g/mol. The molecule has 1 aromatic carbocycles. The van der Waals surface area contributed by atoms with Gasteiger partial charge in [0.1, 0.15) is 0 Å². The van der Waals surface area contributed by atoms with Gasteiger partial charge in [-0.25, -0.2) is 4.79 Å². The zero-order valence-corrected chi connectivity index (χ0v) is 16.5. The van der Waals surface area contributed by atoms with E-state index in [0.29, 0.717) is 0 Å². The lowest BCUT2D eigenvalue weighted by molar-refractivity contribution is 0.170. The molecule has 1 unspecified atom stereocenters. The van der Waals surface area contributed by atoms with Crippen LogP contribution in [0.1, 0.15) is 31.4 Å². The molecule has 5 heterocycles.